The molecule has 0 nitrogen and oxygen atoms in total. The van der Waals surface area contributed by atoms with Gasteiger partial charge in [0.25, 0.3) is 0 Å². The largest absolute Gasteiger partial charge is 0.162 e. The summed E-state index contributed by atoms with van der Waals surface area (Å²) in [4.78, 5) is 0. The molecule has 0 N–H and O–H groups in total. The normalized spacial score (nSPS) is 16.0. The van der Waals surface area contributed by atoms with E-state index in [9.17, 15) is 0 Å². The molecule has 0 amide bonds. The molecule has 0 aromatic carbocycles. The average Bonchev–Trinajstić information content (AvgIpc) is 2.04. The molecule has 0 aromatic heterocycles. The van der Waals surface area contributed by atoms with Crippen LogP contribution < -0.4 is 0 Å². The molecule has 2 unspecified atom stereocenters. The summed E-state index contributed by atoms with van der Waals surface area (Å²) in [6, 6.07) is 0. The van der Waals surface area contributed by atoms with Gasteiger partial charge in [-0.05, 0) is 37.2 Å². The second-order valence-electron chi connectivity index (χ2n) is 3.19. The first kappa shape index (κ1) is 12.6. The molecule has 0 aromatic rings. The Bertz CT molecular complexity index is 93.8. The monoisotopic (exact) mass is 208 g/mol. The van der Waals surface area contributed by atoms with Gasteiger partial charge in [0.1, 0.15) is 0 Å². The molecule has 74 valence electrons. The van der Waals surface area contributed by atoms with E-state index >= 15 is 0 Å². The minimum absolute atomic E-state index is 0.349. The molecule has 0 saturated heterocycles. The molecule has 0 radical (unpaired) electrons. The Labute approximate surface area is 86.5 Å². The molecule has 0 spiro atoms. The highest BCUT2D eigenvalue weighted by molar-refractivity contribution is 7.99. The zero-order valence-corrected chi connectivity index (χ0v) is 10.0. The van der Waals surface area contributed by atoms with E-state index in [2.05, 4.69) is 20.8 Å². The van der Waals surface area contributed by atoms with Crippen molar-refractivity contribution in [3.05, 3.63) is 0 Å². The van der Waals surface area contributed by atoms with Crippen molar-refractivity contribution in [2.24, 2.45) is 5.92 Å². The molecule has 2 heteroatoms. The summed E-state index contributed by atoms with van der Waals surface area (Å²) in [7, 11) is 0. The minimum atomic E-state index is 0.349. The van der Waals surface area contributed by atoms with Crippen LogP contribution in [0.3, 0.4) is 0 Å². The van der Waals surface area contributed by atoms with Gasteiger partial charge in [-0.25, -0.2) is 0 Å². The maximum Gasteiger partial charge on any atom is 0.0335 e. The lowest BCUT2D eigenvalue weighted by Gasteiger charge is -2.16. The van der Waals surface area contributed by atoms with Crippen LogP contribution in [0.5, 0.6) is 0 Å². The SMILES string of the molecule is CCSCCCC(CC)C(C)Cl. The Morgan fingerprint density at radius 3 is 2.42 bits per heavy atom. The molecule has 0 aliphatic rings. The predicted molar refractivity (Wildman–Crippen MR) is 61.3 cm³/mol. The van der Waals surface area contributed by atoms with E-state index in [-0.39, 0.29) is 0 Å². The molecule has 0 heterocycles. The van der Waals surface area contributed by atoms with E-state index in [0.717, 1.165) is 5.92 Å². The van der Waals surface area contributed by atoms with Crippen LogP contribution in [0.1, 0.15) is 40.0 Å². The fraction of sp³-hybridized carbons (Fsp3) is 1.00. The van der Waals surface area contributed by atoms with Crippen LogP contribution in [0.25, 0.3) is 0 Å². The van der Waals surface area contributed by atoms with Crippen molar-refractivity contribution in [3.63, 3.8) is 0 Å². The van der Waals surface area contributed by atoms with Gasteiger partial charge in [-0.15, -0.1) is 11.6 Å². The highest BCUT2D eigenvalue weighted by Crippen LogP contribution is 2.20. The molecular formula is C10H21ClS. The van der Waals surface area contributed by atoms with Gasteiger partial charge < -0.3 is 0 Å². The highest BCUT2D eigenvalue weighted by atomic mass is 35.5. The van der Waals surface area contributed by atoms with E-state index in [4.69, 9.17) is 11.6 Å². The zero-order valence-electron chi connectivity index (χ0n) is 8.48. The van der Waals surface area contributed by atoms with Gasteiger partial charge in [0, 0.05) is 5.38 Å². The summed E-state index contributed by atoms with van der Waals surface area (Å²) >= 11 is 8.08. The lowest BCUT2D eigenvalue weighted by molar-refractivity contribution is 0.458. The number of thioether (sulfide) groups is 1. The number of rotatable bonds is 7. The fourth-order valence-corrected chi connectivity index (χ4v) is 2.31. The quantitative estimate of drug-likeness (QED) is 0.447. The van der Waals surface area contributed by atoms with Crippen molar-refractivity contribution in [1.82, 2.24) is 0 Å². The van der Waals surface area contributed by atoms with Crippen molar-refractivity contribution in [2.45, 2.75) is 45.4 Å². The van der Waals surface area contributed by atoms with Crippen molar-refractivity contribution in [3.8, 4) is 0 Å². The predicted octanol–water partition coefficient (Wildman–Crippen LogP) is 4.17. The maximum atomic E-state index is 6.05. The fourth-order valence-electron chi connectivity index (χ4n) is 1.35. The van der Waals surface area contributed by atoms with Gasteiger partial charge in [0.15, 0.2) is 0 Å². The zero-order chi connectivity index (χ0) is 9.40. The van der Waals surface area contributed by atoms with Crippen LogP contribution in [-0.4, -0.2) is 16.9 Å². The van der Waals surface area contributed by atoms with Crippen LogP contribution in [-0.2, 0) is 0 Å². The standard InChI is InChI=1S/C10H21ClS/c1-4-10(9(3)11)7-6-8-12-5-2/h9-10H,4-8H2,1-3H3. The summed E-state index contributed by atoms with van der Waals surface area (Å²) in [5.74, 6) is 3.27. The smallest absolute Gasteiger partial charge is 0.0335 e. The maximum absolute atomic E-state index is 6.05. The van der Waals surface area contributed by atoms with Gasteiger partial charge in [-0.1, -0.05) is 20.3 Å². The van der Waals surface area contributed by atoms with E-state index in [1.807, 2.05) is 11.8 Å². The second kappa shape index (κ2) is 8.25. The summed E-state index contributed by atoms with van der Waals surface area (Å²) in [6.07, 6.45) is 3.85. The topological polar surface area (TPSA) is 0 Å². The van der Waals surface area contributed by atoms with E-state index < -0.39 is 0 Å². The first-order valence-corrected chi connectivity index (χ1v) is 6.53. The minimum Gasteiger partial charge on any atom is -0.162 e. The third-order valence-corrected chi connectivity index (χ3v) is 3.58. The summed E-state index contributed by atoms with van der Waals surface area (Å²) in [6.45, 7) is 6.56. The van der Waals surface area contributed by atoms with Crippen molar-refractivity contribution in [2.75, 3.05) is 11.5 Å². The third kappa shape index (κ3) is 6.19. The van der Waals surface area contributed by atoms with Gasteiger partial charge in [0.05, 0.1) is 0 Å². The second-order valence-corrected chi connectivity index (χ2v) is 5.27. The van der Waals surface area contributed by atoms with Crippen LogP contribution in [0, 0.1) is 5.92 Å². The van der Waals surface area contributed by atoms with E-state index in [0.29, 0.717) is 5.38 Å². The van der Waals surface area contributed by atoms with Gasteiger partial charge in [0.2, 0.25) is 0 Å². The lowest BCUT2D eigenvalue weighted by atomic mass is 9.98. The molecule has 0 aliphatic heterocycles. The molecule has 2 atom stereocenters. The Balaban J connectivity index is 3.32. The van der Waals surface area contributed by atoms with Crippen molar-refractivity contribution in [1.29, 1.82) is 0 Å². The number of hydrogen-bond donors (Lipinski definition) is 0. The molecule has 0 fully saturated rings. The molecule has 0 rings (SSSR count). The Hall–Kier alpha value is 0.640. The van der Waals surface area contributed by atoms with Crippen LogP contribution in [0.15, 0.2) is 0 Å². The highest BCUT2D eigenvalue weighted by Gasteiger charge is 2.11. The Kier molecular flexibility index (Phi) is 8.69. The van der Waals surface area contributed by atoms with Crippen LogP contribution in [0.2, 0.25) is 0 Å². The van der Waals surface area contributed by atoms with Gasteiger partial charge in [-0.3, -0.25) is 0 Å². The van der Waals surface area contributed by atoms with E-state index in [1.54, 1.807) is 0 Å². The molecule has 0 aliphatic carbocycles. The summed E-state index contributed by atoms with van der Waals surface area (Å²) in [5, 5.41) is 0.349. The van der Waals surface area contributed by atoms with Crippen molar-refractivity contribution < 1.29 is 0 Å². The van der Waals surface area contributed by atoms with Crippen LogP contribution >= 0.6 is 23.4 Å². The molecular weight excluding hydrogens is 188 g/mol. The molecule has 12 heavy (non-hydrogen) atoms. The Morgan fingerprint density at radius 2 is 2.00 bits per heavy atom. The van der Waals surface area contributed by atoms with Crippen LogP contribution in [0.4, 0.5) is 0 Å². The van der Waals surface area contributed by atoms with Gasteiger partial charge >= 0.3 is 0 Å². The first-order valence-electron chi connectivity index (χ1n) is 4.94. The van der Waals surface area contributed by atoms with Gasteiger partial charge in [-0.2, -0.15) is 11.8 Å². The number of alkyl halides is 1. The van der Waals surface area contributed by atoms with Crippen molar-refractivity contribution >= 4 is 23.4 Å². The first-order chi connectivity index (χ1) is 5.72. The Morgan fingerprint density at radius 1 is 1.33 bits per heavy atom. The molecule has 0 saturated carbocycles. The summed E-state index contributed by atoms with van der Waals surface area (Å²) in [5.41, 5.74) is 0. The molecule has 0 bridgehead atoms. The number of hydrogen-bond acceptors (Lipinski definition) is 1. The van der Waals surface area contributed by atoms with E-state index in [1.165, 1.54) is 30.8 Å². The number of halogens is 1. The average molecular weight is 209 g/mol. The third-order valence-electron chi connectivity index (χ3n) is 2.24. The summed E-state index contributed by atoms with van der Waals surface area (Å²) < 4.78 is 0. The lowest BCUT2D eigenvalue weighted by Crippen LogP contribution is -2.10.